The van der Waals surface area contributed by atoms with Crippen molar-refractivity contribution < 1.29 is 14.3 Å². The van der Waals surface area contributed by atoms with E-state index in [0.717, 1.165) is 36.3 Å². The van der Waals surface area contributed by atoms with Gasteiger partial charge in [0.1, 0.15) is 5.76 Å². The standard InChI is InChI=1S/C24H29NO3/c1-16(2)18(4)24(22-6-5-13-28-22)25-12-11-19(15-23(26)27)14-21(25)20-9-7-17(3)8-10-20/h5-10,13,19,21,24H,1,4,11-12,14-15H2,2-3H3,(H,26,27)/t19-,21+,24-/m1/s1. The summed E-state index contributed by atoms with van der Waals surface area (Å²) in [5.74, 6) is 0.284. The average Bonchev–Trinajstić information content (AvgIpc) is 3.17. The molecule has 3 atom stereocenters. The molecular formula is C24H29NO3. The fourth-order valence-electron chi connectivity index (χ4n) is 4.13. The maximum absolute atomic E-state index is 11.3. The Hall–Kier alpha value is -2.59. The number of aliphatic carboxylic acids is 1. The minimum atomic E-state index is -0.727. The second kappa shape index (κ2) is 8.61. The van der Waals surface area contributed by atoms with Crippen LogP contribution >= 0.6 is 0 Å². The zero-order chi connectivity index (χ0) is 20.3. The number of hydrogen-bond acceptors (Lipinski definition) is 3. The Morgan fingerprint density at radius 1 is 1.29 bits per heavy atom. The van der Waals surface area contributed by atoms with Gasteiger partial charge in [0.2, 0.25) is 0 Å². The molecule has 4 heteroatoms. The van der Waals surface area contributed by atoms with Gasteiger partial charge in [0.15, 0.2) is 0 Å². The zero-order valence-electron chi connectivity index (χ0n) is 16.7. The van der Waals surface area contributed by atoms with Crippen LogP contribution in [0.4, 0.5) is 0 Å². The number of furan rings is 1. The summed E-state index contributed by atoms with van der Waals surface area (Å²) in [6.45, 7) is 13.2. The molecule has 2 aromatic rings. The van der Waals surface area contributed by atoms with Crippen LogP contribution in [0.2, 0.25) is 0 Å². The Bertz CT molecular complexity index is 835. The topological polar surface area (TPSA) is 53.7 Å². The minimum Gasteiger partial charge on any atom is -0.481 e. The molecular weight excluding hydrogens is 350 g/mol. The van der Waals surface area contributed by atoms with Crippen LogP contribution in [0.15, 0.2) is 71.4 Å². The second-order valence-corrected chi connectivity index (χ2v) is 7.88. The van der Waals surface area contributed by atoms with Gasteiger partial charge in [-0.1, -0.05) is 48.6 Å². The Kier molecular flexibility index (Phi) is 6.20. The number of rotatable bonds is 7. The van der Waals surface area contributed by atoms with Crippen LogP contribution in [-0.2, 0) is 4.79 Å². The number of nitrogens with zero attached hydrogens (tertiary/aromatic N) is 1. The van der Waals surface area contributed by atoms with Gasteiger partial charge in [-0.05, 0) is 55.9 Å². The Balaban J connectivity index is 1.99. The number of carboxylic acid groups (broad SMARTS) is 1. The third-order valence-electron chi connectivity index (χ3n) is 5.70. The van der Waals surface area contributed by atoms with E-state index in [0.29, 0.717) is 0 Å². The van der Waals surface area contributed by atoms with Crippen molar-refractivity contribution in [3.05, 3.63) is 83.9 Å². The molecule has 0 unspecified atom stereocenters. The third kappa shape index (κ3) is 4.45. The monoisotopic (exact) mass is 379 g/mol. The summed E-state index contributed by atoms with van der Waals surface area (Å²) in [5, 5.41) is 9.29. The summed E-state index contributed by atoms with van der Waals surface area (Å²) in [4.78, 5) is 13.7. The number of aryl methyl sites for hydroxylation is 1. The number of hydrogen-bond donors (Lipinski definition) is 1. The Morgan fingerprint density at radius 3 is 2.57 bits per heavy atom. The first kappa shape index (κ1) is 20.2. The SMILES string of the molecule is C=C(C)C(=C)[C@H](c1ccco1)N1CC[C@@H](CC(=O)O)C[C@H]1c1ccc(C)cc1. The summed E-state index contributed by atoms with van der Waals surface area (Å²) in [5.41, 5.74) is 4.27. The van der Waals surface area contributed by atoms with Gasteiger partial charge < -0.3 is 9.52 Å². The van der Waals surface area contributed by atoms with Crippen LogP contribution in [-0.4, -0.2) is 22.5 Å². The molecule has 1 aliphatic heterocycles. The van der Waals surface area contributed by atoms with Gasteiger partial charge in [-0.2, -0.15) is 0 Å². The highest BCUT2D eigenvalue weighted by atomic mass is 16.4. The highest BCUT2D eigenvalue weighted by molar-refractivity contribution is 5.67. The lowest BCUT2D eigenvalue weighted by Crippen LogP contribution is -2.40. The van der Waals surface area contributed by atoms with Crippen molar-refractivity contribution in [2.45, 2.75) is 45.2 Å². The zero-order valence-corrected chi connectivity index (χ0v) is 16.7. The summed E-state index contributed by atoms with van der Waals surface area (Å²) < 4.78 is 5.78. The summed E-state index contributed by atoms with van der Waals surface area (Å²) in [6.07, 6.45) is 3.54. The first-order valence-electron chi connectivity index (χ1n) is 9.79. The highest BCUT2D eigenvalue weighted by Crippen LogP contribution is 2.44. The molecule has 28 heavy (non-hydrogen) atoms. The molecule has 0 radical (unpaired) electrons. The van der Waals surface area contributed by atoms with Gasteiger partial charge in [-0.3, -0.25) is 9.69 Å². The number of carbonyl (C=O) groups is 1. The molecule has 0 saturated carbocycles. The molecule has 0 aliphatic carbocycles. The molecule has 0 bridgehead atoms. The highest BCUT2D eigenvalue weighted by Gasteiger charge is 2.37. The lowest BCUT2D eigenvalue weighted by molar-refractivity contribution is -0.138. The van der Waals surface area contributed by atoms with Crippen molar-refractivity contribution in [2.24, 2.45) is 5.92 Å². The molecule has 148 valence electrons. The molecule has 0 spiro atoms. The van der Waals surface area contributed by atoms with Crippen LogP contribution in [0, 0.1) is 12.8 Å². The normalized spacial score (nSPS) is 21.2. The molecule has 1 fully saturated rings. The molecule has 1 N–H and O–H groups in total. The number of benzene rings is 1. The van der Waals surface area contributed by atoms with Crippen molar-refractivity contribution in [1.29, 1.82) is 0 Å². The van der Waals surface area contributed by atoms with Crippen molar-refractivity contribution in [3.63, 3.8) is 0 Å². The van der Waals surface area contributed by atoms with E-state index in [1.165, 1.54) is 11.1 Å². The van der Waals surface area contributed by atoms with Crippen molar-refractivity contribution in [3.8, 4) is 0 Å². The van der Waals surface area contributed by atoms with Crippen molar-refractivity contribution in [2.75, 3.05) is 6.54 Å². The second-order valence-electron chi connectivity index (χ2n) is 7.88. The maximum atomic E-state index is 11.3. The number of carboxylic acids is 1. The van der Waals surface area contributed by atoms with Crippen LogP contribution in [0.1, 0.15) is 55.2 Å². The molecule has 4 nitrogen and oxygen atoms in total. The van der Waals surface area contributed by atoms with E-state index in [-0.39, 0.29) is 24.4 Å². The van der Waals surface area contributed by atoms with E-state index in [1.54, 1.807) is 6.26 Å². The molecule has 1 saturated heterocycles. The number of likely N-dealkylation sites (tertiary alicyclic amines) is 1. The van der Waals surface area contributed by atoms with E-state index >= 15 is 0 Å². The quantitative estimate of drug-likeness (QED) is 0.628. The Morgan fingerprint density at radius 2 is 2.00 bits per heavy atom. The lowest BCUT2D eigenvalue weighted by atomic mass is 9.82. The Labute approximate surface area is 167 Å². The fourth-order valence-corrected chi connectivity index (χ4v) is 4.13. The van der Waals surface area contributed by atoms with Gasteiger partial charge in [-0.25, -0.2) is 0 Å². The van der Waals surface area contributed by atoms with Gasteiger partial charge in [0, 0.05) is 19.0 Å². The molecule has 3 rings (SSSR count). The summed E-state index contributed by atoms with van der Waals surface area (Å²) in [6, 6.07) is 12.4. The first-order valence-corrected chi connectivity index (χ1v) is 9.79. The smallest absolute Gasteiger partial charge is 0.303 e. The minimum absolute atomic E-state index is 0.102. The van der Waals surface area contributed by atoms with Crippen molar-refractivity contribution in [1.82, 2.24) is 4.90 Å². The third-order valence-corrected chi connectivity index (χ3v) is 5.70. The predicted octanol–water partition coefficient (Wildman–Crippen LogP) is 5.69. The van der Waals surface area contributed by atoms with Gasteiger partial charge >= 0.3 is 5.97 Å². The van der Waals surface area contributed by atoms with Crippen LogP contribution in [0.5, 0.6) is 0 Å². The fraction of sp³-hybridized carbons (Fsp3) is 0.375. The van der Waals surface area contributed by atoms with E-state index in [9.17, 15) is 9.90 Å². The predicted molar refractivity (Wildman–Crippen MR) is 111 cm³/mol. The first-order chi connectivity index (χ1) is 13.4. The van der Waals surface area contributed by atoms with E-state index in [2.05, 4.69) is 49.2 Å². The van der Waals surface area contributed by atoms with E-state index in [1.807, 2.05) is 19.1 Å². The van der Waals surface area contributed by atoms with Crippen molar-refractivity contribution >= 4 is 5.97 Å². The number of piperidine rings is 1. The van der Waals surface area contributed by atoms with E-state index in [4.69, 9.17) is 4.42 Å². The largest absolute Gasteiger partial charge is 0.481 e. The van der Waals surface area contributed by atoms with Gasteiger partial charge in [-0.15, -0.1) is 0 Å². The molecule has 1 aromatic heterocycles. The molecule has 0 amide bonds. The van der Waals surface area contributed by atoms with Crippen LogP contribution in [0.25, 0.3) is 0 Å². The van der Waals surface area contributed by atoms with Gasteiger partial charge in [0.25, 0.3) is 0 Å². The molecule has 1 aliphatic rings. The maximum Gasteiger partial charge on any atom is 0.303 e. The summed E-state index contributed by atoms with van der Waals surface area (Å²) in [7, 11) is 0. The molecule has 2 heterocycles. The van der Waals surface area contributed by atoms with Gasteiger partial charge in [0.05, 0.1) is 12.3 Å². The average molecular weight is 380 g/mol. The van der Waals surface area contributed by atoms with Crippen LogP contribution in [0.3, 0.4) is 0 Å². The summed E-state index contributed by atoms with van der Waals surface area (Å²) >= 11 is 0. The van der Waals surface area contributed by atoms with Crippen LogP contribution < -0.4 is 0 Å². The lowest BCUT2D eigenvalue weighted by Gasteiger charge is -2.44. The molecule has 1 aromatic carbocycles. The van der Waals surface area contributed by atoms with E-state index < -0.39 is 5.97 Å².